The van der Waals surface area contributed by atoms with Gasteiger partial charge in [0, 0.05) is 26.2 Å². The first-order valence-corrected chi connectivity index (χ1v) is 11.6. The van der Waals surface area contributed by atoms with Gasteiger partial charge in [0.15, 0.2) is 0 Å². The SMILES string of the molecule is CN1CCN(S(=O)(=O)C(F)(F)C(F)(F)C(F)(F)S(=O)(=O)NS(C)(=O)=O)CC1. The van der Waals surface area contributed by atoms with Crippen LogP contribution in [-0.2, 0) is 30.1 Å². The first kappa shape index (κ1) is 24.3. The zero-order valence-electron chi connectivity index (χ0n) is 13.7. The van der Waals surface area contributed by atoms with Crippen LogP contribution in [0.5, 0.6) is 0 Å². The lowest BCUT2D eigenvalue weighted by Crippen LogP contribution is -2.66. The van der Waals surface area contributed by atoms with E-state index >= 15 is 0 Å². The molecule has 0 radical (unpaired) electrons. The molecule has 0 spiro atoms. The molecular weight excluding hydrogens is 456 g/mol. The molecule has 0 unspecified atom stereocenters. The summed E-state index contributed by atoms with van der Waals surface area (Å²) in [6.45, 7) is -1.81. The largest absolute Gasteiger partial charge is 0.429 e. The van der Waals surface area contributed by atoms with Crippen molar-refractivity contribution in [2.24, 2.45) is 0 Å². The fourth-order valence-electron chi connectivity index (χ4n) is 1.94. The predicted molar refractivity (Wildman–Crippen MR) is 79.7 cm³/mol. The van der Waals surface area contributed by atoms with E-state index in [0.717, 1.165) is 0 Å². The monoisotopic (exact) mass is 471 g/mol. The third kappa shape index (κ3) is 4.19. The maximum absolute atomic E-state index is 14.0. The second-order valence-electron chi connectivity index (χ2n) is 5.67. The number of nitrogens with zero attached hydrogens (tertiary/aromatic N) is 2. The Labute approximate surface area is 151 Å². The van der Waals surface area contributed by atoms with E-state index in [4.69, 9.17) is 0 Å². The van der Waals surface area contributed by atoms with E-state index in [9.17, 15) is 51.6 Å². The molecule has 0 bridgehead atoms. The summed E-state index contributed by atoms with van der Waals surface area (Å²) < 4.78 is 151. The normalized spacial score (nSPS) is 20.0. The van der Waals surface area contributed by atoms with Crippen LogP contribution in [0.15, 0.2) is 0 Å². The Balaban J connectivity index is 3.41. The van der Waals surface area contributed by atoms with E-state index < -0.39 is 59.6 Å². The van der Waals surface area contributed by atoms with Crippen molar-refractivity contribution in [2.45, 2.75) is 16.4 Å². The van der Waals surface area contributed by atoms with Crippen molar-refractivity contribution in [3.8, 4) is 0 Å². The summed E-state index contributed by atoms with van der Waals surface area (Å²) in [6.07, 6.45) is -0.0160. The molecular formula is C9H15F6N3O6S3. The lowest BCUT2D eigenvalue weighted by molar-refractivity contribution is -0.245. The molecule has 0 saturated carbocycles. The quantitative estimate of drug-likeness (QED) is 0.486. The Morgan fingerprint density at radius 1 is 0.778 bits per heavy atom. The van der Waals surface area contributed by atoms with E-state index in [1.807, 2.05) is 0 Å². The first-order valence-electron chi connectivity index (χ1n) is 6.75. The minimum absolute atomic E-state index is 0.0160. The van der Waals surface area contributed by atoms with Gasteiger partial charge in [-0.3, -0.25) is 0 Å². The molecule has 1 N–H and O–H groups in total. The van der Waals surface area contributed by atoms with Crippen molar-refractivity contribution in [3.63, 3.8) is 0 Å². The maximum Gasteiger partial charge on any atom is 0.429 e. The highest BCUT2D eigenvalue weighted by molar-refractivity contribution is 8.05. The molecule has 0 aliphatic carbocycles. The molecule has 0 aromatic rings. The van der Waals surface area contributed by atoms with Gasteiger partial charge in [-0.1, -0.05) is 0 Å². The summed E-state index contributed by atoms with van der Waals surface area (Å²) >= 11 is 0. The Morgan fingerprint density at radius 2 is 1.19 bits per heavy atom. The van der Waals surface area contributed by atoms with Gasteiger partial charge in [0.25, 0.3) is 20.0 Å². The third-order valence-electron chi connectivity index (χ3n) is 3.46. The summed E-state index contributed by atoms with van der Waals surface area (Å²) in [6, 6.07) is 0. The van der Waals surface area contributed by atoms with Crippen LogP contribution in [0.2, 0.25) is 0 Å². The summed E-state index contributed by atoms with van der Waals surface area (Å²) in [5.41, 5.74) is 0. The topological polar surface area (TPSA) is 121 Å². The molecule has 0 aromatic carbocycles. The molecule has 27 heavy (non-hydrogen) atoms. The number of rotatable bonds is 7. The van der Waals surface area contributed by atoms with Gasteiger partial charge < -0.3 is 4.90 Å². The number of nitrogens with one attached hydrogen (secondary N) is 1. The molecule has 18 heteroatoms. The molecule has 9 nitrogen and oxygen atoms in total. The Morgan fingerprint density at radius 3 is 1.56 bits per heavy atom. The van der Waals surface area contributed by atoms with Crippen LogP contribution >= 0.6 is 0 Å². The number of hydrogen-bond acceptors (Lipinski definition) is 7. The zero-order valence-corrected chi connectivity index (χ0v) is 16.1. The van der Waals surface area contributed by atoms with E-state index in [-0.39, 0.29) is 27.8 Å². The van der Waals surface area contributed by atoms with Gasteiger partial charge in [-0.05, 0) is 7.05 Å². The van der Waals surface area contributed by atoms with Crippen LogP contribution in [-0.4, -0.2) is 90.4 Å². The molecule has 1 rings (SSSR count). The van der Waals surface area contributed by atoms with Crippen molar-refractivity contribution in [2.75, 3.05) is 39.5 Å². The van der Waals surface area contributed by atoms with Crippen LogP contribution < -0.4 is 4.13 Å². The summed E-state index contributed by atoms with van der Waals surface area (Å²) in [4.78, 5) is 1.44. The highest BCUT2D eigenvalue weighted by Crippen LogP contribution is 2.51. The second-order valence-corrected chi connectivity index (χ2v) is 11.4. The van der Waals surface area contributed by atoms with Crippen molar-refractivity contribution < 1.29 is 51.6 Å². The van der Waals surface area contributed by atoms with Gasteiger partial charge in [0.2, 0.25) is 10.0 Å². The molecule has 1 fully saturated rings. The van der Waals surface area contributed by atoms with E-state index in [1.54, 1.807) is 0 Å². The standard InChI is InChI=1S/C9H15F6N3O6S3/c1-17-3-5-18(6-4-17)27(23,24)9(14,15)7(10,11)8(12,13)26(21,22)16-25(2,19)20/h16H,3-6H2,1-2H3. The molecule has 0 aromatic heterocycles. The Kier molecular flexibility index (Phi) is 6.29. The van der Waals surface area contributed by atoms with E-state index in [1.165, 1.54) is 11.9 Å². The van der Waals surface area contributed by atoms with E-state index in [0.29, 0.717) is 0 Å². The molecule has 1 heterocycles. The minimum Gasteiger partial charge on any atom is -0.304 e. The Bertz CT molecular complexity index is 880. The summed E-state index contributed by atoms with van der Waals surface area (Å²) in [7, 11) is -17.0. The highest BCUT2D eigenvalue weighted by atomic mass is 32.3. The second kappa shape index (κ2) is 6.97. The molecule has 0 amide bonds. The number of likely N-dealkylation sites (N-methyl/N-ethyl adjacent to an activating group) is 1. The lowest BCUT2D eigenvalue weighted by Gasteiger charge is -2.37. The van der Waals surface area contributed by atoms with Gasteiger partial charge in [-0.15, -0.1) is 4.13 Å². The number of halogens is 6. The van der Waals surface area contributed by atoms with Crippen molar-refractivity contribution in [3.05, 3.63) is 0 Å². The van der Waals surface area contributed by atoms with Gasteiger partial charge >= 0.3 is 16.4 Å². The fraction of sp³-hybridized carbons (Fsp3) is 1.00. The van der Waals surface area contributed by atoms with Crippen molar-refractivity contribution in [1.82, 2.24) is 13.3 Å². The maximum atomic E-state index is 14.0. The van der Waals surface area contributed by atoms with Crippen LogP contribution in [0.1, 0.15) is 0 Å². The van der Waals surface area contributed by atoms with Crippen LogP contribution in [0, 0.1) is 0 Å². The Hall–Kier alpha value is -0.690. The smallest absolute Gasteiger partial charge is 0.304 e. The third-order valence-corrected chi connectivity index (χ3v) is 8.43. The molecule has 1 aliphatic heterocycles. The van der Waals surface area contributed by atoms with Gasteiger partial charge in [-0.25, -0.2) is 25.3 Å². The van der Waals surface area contributed by atoms with E-state index in [2.05, 4.69) is 0 Å². The average molecular weight is 471 g/mol. The fourth-order valence-corrected chi connectivity index (χ4v) is 5.91. The predicted octanol–water partition coefficient (Wildman–Crippen LogP) is -0.736. The molecule has 1 saturated heterocycles. The summed E-state index contributed by atoms with van der Waals surface area (Å²) in [5.74, 6) is -7.00. The molecule has 162 valence electrons. The van der Waals surface area contributed by atoms with Crippen LogP contribution in [0.3, 0.4) is 0 Å². The number of hydrogen-bond donors (Lipinski definition) is 1. The van der Waals surface area contributed by atoms with Crippen LogP contribution in [0.4, 0.5) is 26.3 Å². The first-order chi connectivity index (χ1) is 11.7. The van der Waals surface area contributed by atoms with Gasteiger partial charge in [0.05, 0.1) is 6.26 Å². The number of piperazine rings is 1. The number of alkyl halides is 6. The lowest BCUT2D eigenvalue weighted by atomic mass is 10.3. The summed E-state index contributed by atoms with van der Waals surface area (Å²) in [5, 5.41) is -13.3. The van der Waals surface area contributed by atoms with Crippen LogP contribution in [0.25, 0.3) is 0 Å². The number of sulfonamides is 3. The molecule has 1 aliphatic rings. The van der Waals surface area contributed by atoms with Gasteiger partial charge in [-0.2, -0.15) is 30.6 Å². The average Bonchev–Trinajstić information content (AvgIpc) is 2.44. The van der Waals surface area contributed by atoms with Crippen molar-refractivity contribution >= 4 is 30.1 Å². The van der Waals surface area contributed by atoms with Crippen molar-refractivity contribution in [1.29, 1.82) is 0 Å². The highest BCUT2D eigenvalue weighted by Gasteiger charge is 2.82. The minimum atomic E-state index is -7.00. The van der Waals surface area contributed by atoms with Gasteiger partial charge in [0.1, 0.15) is 0 Å². The molecule has 0 atom stereocenters. The zero-order chi connectivity index (χ0) is 21.7.